The van der Waals surface area contributed by atoms with Crippen LogP contribution in [-0.4, -0.2) is 15.0 Å². The van der Waals surface area contributed by atoms with Crippen molar-refractivity contribution in [3.05, 3.63) is 65.0 Å². The molecule has 0 bridgehead atoms. The molecule has 0 aliphatic heterocycles. The minimum absolute atomic E-state index is 0.00824. The summed E-state index contributed by atoms with van der Waals surface area (Å²) in [5.74, 6) is -0.0198. The van der Waals surface area contributed by atoms with Gasteiger partial charge in [0, 0.05) is 10.0 Å². The van der Waals surface area contributed by atoms with Gasteiger partial charge >= 0.3 is 6.01 Å². The monoisotopic (exact) mass is 385 g/mol. The van der Waals surface area contributed by atoms with Gasteiger partial charge in [-0.3, -0.25) is 0 Å². The lowest BCUT2D eigenvalue weighted by molar-refractivity contribution is 0.410. The zero-order valence-electron chi connectivity index (χ0n) is 12.1. The summed E-state index contributed by atoms with van der Waals surface area (Å²) in [5.41, 5.74) is 1.58. The van der Waals surface area contributed by atoms with E-state index >= 15 is 0 Å². The average molecular weight is 386 g/mol. The van der Waals surface area contributed by atoms with Crippen molar-refractivity contribution in [2.24, 2.45) is 0 Å². The maximum absolute atomic E-state index is 13.6. The number of halogens is 2. The number of hydrogen-bond donors (Lipinski definition) is 0. The predicted molar refractivity (Wildman–Crippen MR) is 89.2 cm³/mol. The van der Waals surface area contributed by atoms with E-state index in [1.807, 2.05) is 24.3 Å². The van der Waals surface area contributed by atoms with Gasteiger partial charge in [0.2, 0.25) is 5.89 Å². The Morgan fingerprint density at radius 2 is 1.79 bits per heavy atom. The molecule has 0 spiro atoms. The number of rotatable bonds is 3. The molecule has 0 fully saturated rings. The van der Waals surface area contributed by atoms with Crippen LogP contribution in [0.15, 0.2) is 63.6 Å². The van der Waals surface area contributed by atoms with Crippen molar-refractivity contribution >= 4 is 27.2 Å². The van der Waals surface area contributed by atoms with Crippen LogP contribution >= 0.6 is 15.9 Å². The molecular weight excluding hydrogens is 377 g/mol. The Hall–Kier alpha value is -2.80. The average Bonchev–Trinajstić information content (AvgIpc) is 3.01. The molecule has 5 nitrogen and oxygen atoms in total. The zero-order valence-corrected chi connectivity index (χ0v) is 13.7. The lowest BCUT2D eigenvalue weighted by Gasteiger charge is -2.03. The van der Waals surface area contributed by atoms with Gasteiger partial charge in [0.05, 0.1) is 6.20 Å². The van der Waals surface area contributed by atoms with Crippen molar-refractivity contribution in [2.45, 2.75) is 0 Å². The molecule has 0 atom stereocenters. The molecule has 0 radical (unpaired) electrons. The number of aromatic nitrogens is 3. The van der Waals surface area contributed by atoms with E-state index in [0.717, 1.165) is 10.0 Å². The SMILES string of the molecule is Fc1ccccc1Oc1ncc2nc(-c3ccc(Br)cc3)oc2n1. The molecule has 24 heavy (non-hydrogen) atoms. The topological polar surface area (TPSA) is 61.0 Å². The van der Waals surface area contributed by atoms with E-state index < -0.39 is 5.82 Å². The molecule has 0 aliphatic rings. The second kappa shape index (κ2) is 6.01. The summed E-state index contributed by atoms with van der Waals surface area (Å²) in [6, 6.07) is 13.6. The van der Waals surface area contributed by atoms with Gasteiger partial charge in [-0.1, -0.05) is 28.1 Å². The molecule has 0 amide bonds. The van der Waals surface area contributed by atoms with Gasteiger partial charge < -0.3 is 9.15 Å². The Kier molecular flexibility index (Phi) is 3.70. The largest absolute Gasteiger partial charge is 0.421 e. The predicted octanol–water partition coefficient (Wildman–Crippen LogP) is 4.98. The third-order valence-electron chi connectivity index (χ3n) is 3.26. The van der Waals surface area contributed by atoms with Gasteiger partial charge in [-0.25, -0.2) is 14.4 Å². The lowest BCUT2D eigenvalue weighted by atomic mass is 10.2. The van der Waals surface area contributed by atoms with Crippen LogP contribution in [0.25, 0.3) is 22.7 Å². The van der Waals surface area contributed by atoms with Crippen LogP contribution in [-0.2, 0) is 0 Å². The van der Waals surface area contributed by atoms with Crippen LogP contribution in [0.3, 0.4) is 0 Å². The number of ether oxygens (including phenoxy) is 1. The summed E-state index contributed by atoms with van der Waals surface area (Å²) >= 11 is 3.38. The Bertz CT molecular complexity index is 1020. The van der Waals surface area contributed by atoms with Crippen molar-refractivity contribution in [3.63, 3.8) is 0 Å². The molecule has 4 aromatic rings. The summed E-state index contributed by atoms with van der Waals surface area (Å²) in [6.07, 6.45) is 1.48. The fourth-order valence-electron chi connectivity index (χ4n) is 2.11. The fraction of sp³-hybridized carbons (Fsp3) is 0. The second-order valence-electron chi connectivity index (χ2n) is 4.90. The maximum atomic E-state index is 13.6. The van der Waals surface area contributed by atoms with Crippen molar-refractivity contribution in [1.82, 2.24) is 15.0 Å². The van der Waals surface area contributed by atoms with E-state index in [1.165, 1.54) is 18.3 Å². The Morgan fingerprint density at radius 3 is 2.58 bits per heavy atom. The molecule has 118 valence electrons. The highest BCUT2D eigenvalue weighted by Gasteiger charge is 2.12. The van der Waals surface area contributed by atoms with Crippen LogP contribution in [0.4, 0.5) is 4.39 Å². The van der Waals surface area contributed by atoms with Gasteiger partial charge in [0.1, 0.15) is 5.52 Å². The first-order chi connectivity index (χ1) is 11.7. The molecule has 0 N–H and O–H groups in total. The quantitative estimate of drug-likeness (QED) is 0.497. The molecule has 0 aliphatic carbocycles. The second-order valence-corrected chi connectivity index (χ2v) is 5.82. The Balaban J connectivity index is 1.68. The summed E-state index contributed by atoms with van der Waals surface area (Å²) in [7, 11) is 0. The van der Waals surface area contributed by atoms with Gasteiger partial charge in [0.25, 0.3) is 5.71 Å². The summed E-state index contributed by atoms with van der Waals surface area (Å²) < 4.78 is 25.6. The summed E-state index contributed by atoms with van der Waals surface area (Å²) in [4.78, 5) is 12.5. The van der Waals surface area contributed by atoms with Crippen LogP contribution in [0.2, 0.25) is 0 Å². The van der Waals surface area contributed by atoms with E-state index in [9.17, 15) is 4.39 Å². The highest BCUT2D eigenvalue weighted by Crippen LogP contribution is 2.26. The first kappa shape index (κ1) is 14.8. The minimum Gasteiger partial charge on any atom is -0.421 e. The molecule has 0 saturated carbocycles. The van der Waals surface area contributed by atoms with Crippen LogP contribution in [0, 0.1) is 5.82 Å². The van der Waals surface area contributed by atoms with Gasteiger partial charge in [-0.05, 0) is 36.4 Å². The molecular formula is C17H9BrFN3O2. The smallest absolute Gasteiger partial charge is 0.325 e. The van der Waals surface area contributed by atoms with E-state index in [-0.39, 0.29) is 17.5 Å². The number of hydrogen-bond acceptors (Lipinski definition) is 5. The van der Waals surface area contributed by atoms with Crippen LogP contribution in [0.5, 0.6) is 11.8 Å². The lowest BCUT2D eigenvalue weighted by Crippen LogP contribution is -1.93. The van der Waals surface area contributed by atoms with E-state index in [2.05, 4.69) is 30.9 Å². The number of fused-ring (bicyclic) bond motifs is 1. The Labute approximate surface area is 144 Å². The molecule has 2 aromatic carbocycles. The van der Waals surface area contributed by atoms with E-state index in [1.54, 1.807) is 12.1 Å². The highest BCUT2D eigenvalue weighted by molar-refractivity contribution is 9.10. The Morgan fingerprint density at radius 1 is 1.00 bits per heavy atom. The van der Waals surface area contributed by atoms with Gasteiger partial charge in [-0.2, -0.15) is 4.98 Å². The number of para-hydroxylation sites is 1. The molecule has 0 saturated heterocycles. The first-order valence-electron chi connectivity index (χ1n) is 7.01. The number of nitrogens with zero attached hydrogens (tertiary/aromatic N) is 3. The van der Waals surface area contributed by atoms with Crippen LogP contribution in [0.1, 0.15) is 0 Å². The molecule has 4 rings (SSSR count). The van der Waals surface area contributed by atoms with E-state index in [4.69, 9.17) is 9.15 Å². The highest BCUT2D eigenvalue weighted by atomic mass is 79.9. The number of oxazole rings is 1. The van der Waals surface area contributed by atoms with E-state index in [0.29, 0.717) is 11.4 Å². The normalized spacial score (nSPS) is 10.9. The van der Waals surface area contributed by atoms with Crippen molar-refractivity contribution in [1.29, 1.82) is 0 Å². The molecule has 2 heterocycles. The minimum atomic E-state index is -0.491. The molecule has 7 heteroatoms. The third-order valence-corrected chi connectivity index (χ3v) is 3.79. The van der Waals surface area contributed by atoms with Crippen molar-refractivity contribution in [2.75, 3.05) is 0 Å². The first-order valence-corrected chi connectivity index (χ1v) is 7.80. The number of benzene rings is 2. The standard InChI is InChI=1S/C17H9BrFN3O2/c18-11-7-5-10(6-8-11)15-21-13-9-20-17(22-16(13)24-15)23-14-4-2-1-3-12(14)19/h1-9H. The fourth-order valence-corrected chi connectivity index (χ4v) is 2.38. The van der Waals surface area contributed by atoms with Gasteiger partial charge in [0.15, 0.2) is 11.6 Å². The summed E-state index contributed by atoms with van der Waals surface area (Å²) in [6.45, 7) is 0. The van der Waals surface area contributed by atoms with Gasteiger partial charge in [-0.15, -0.1) is 0 Å². The maximum Gasteiger partial charge on any atom is 0.325 e. The molecule has 0 unspecified atom stereocenters. The summed E-state index contributed by atoms with van der Waals surface area (Å²) in [5, 5.41) is 0. The zero-order chi connectivity index (χ0) is 16.5. The van der Waals surface area contributed by atoms with Crippen molar-refractivity contribution < 1.29 is 13.5 Å². The van der Waals surface area contributed by atoms with Crippen molar-refractivity contribution in [3.8, 4) is 23.2 Å². The third kappa shape index (κ3) is 2.85. The molecule has 2 aromatic heterocycles. The van der Waals surface area contributed by atoms with Crippen LogP contribution < -0.4 is 4.74 Å².